The van der Waals surface area contributed by atoms with Crippen LogP contribution < -0.4 is 15.8 Å². The lowest BCUT2D eigenvalue weighted by atomic mass is 10.0. The molecule has 1 heterocycles. The first-order chi connectivity index (χ1) is 21.6. The Morgan fingerprint density at radius 3 is 2.39 bits per heavy atom. The number of benzene rings is 4. The standard InChI is InChI=1S/C35H36N4O5/c36-20-7-6-12-31(37-35(41)43-24-27-8-2-1-3-9-27)33(40)34-38-32(44-39-34)23-25-14-17-30(18-15-25)42-21-19-26-13-16-28-10-4-5-11-29(28)22-26/h1-5,8-11,13-18,22,31H,6-7,12,19-21,23-24,36H2,(H,37,41)/t31-/m0/s1. The molecule has 0 unspecified atom stereocenters. The zero-order valence-corrected chi connectivity index (χ0v) is 24.5. The molecule has 5 rings (SSSR count). The number of carbonyl (C=O) groups is 2. The van der Waals surface area contributed by atoms with Gasteiger partial charge < -0.3 is 25.0 Å². The van der Waals surface area contributed by atoms with Gasteiger partial charge in [-0.05, 0) is 65.4 Å². The highest BCUT2D eigenvalue weighted by Gasteiger charge is 2.27. The first-order valence-corrected chi connectivity index (χ1v) is 14.8. The van der Waals surface area contributed by atoms with Crippen LogP contribution in [0.1, 0.15) is 52.5 Å². The Morgan fingerprint density at radius 1 is 0.841 bits per heavy atom. The monoisotopic (exact) mass is 592 g/mol. The minimum Gasteiger partial charge on any atom is -0.493 e. The third kappa shape index (κ3) is 8.75. The number of hydrogen-bond acceptors (Lipinski definition) is 8. The fourth-order valence-corrected chi connectivity index (χ4v) is 4.81. The summed E-state index contributed by atoms with van der Waals surface area (Å²) in [7, 11) is 0. The Bertz CT molecular complexity index is 1650. The molecule has 9 heteroatoms. The van der Waals surface area contributed by atoms with Crippen LogP contribution in [0.25, 0.3) is 10.8 Å². The largest absolute Gasteiger partial charge is 0.493 e. The van der Waals surface area contributed by atoms with Gasteiger partial charge in [-0.15, -0.1) is 0 Å². The quantitative estimate of drug-likeness (QED) is 0.111. The summed E-state index contributed by atoms with van der Waals surface area (Å²) >= 11 is 0. The Balaban J connectivity index is 1.12. The van der Waals surface area contributed by atoms with Crippen molar-refractivity contribution in [1.82, 2.24) is 15.5 Å². The highest BCUT2D eigenvalue weighted by Crippen LogP contribution is 2.18. The van der Waals surface area contributed by atoms with E-state index in [9.17, 15) is 9.59 Å². The van der Waals surface area contributed by atoms with Crippen molar-refractivity contribution in [3.63, 3.8) is 0 Å². The van der Waals surface area contributed by atoms with Gasteiger partial charge in [0, 0.05) is 6.42 Å². The molecule has 5 aromatic rings. The molecule has 226 valence electrons. The van der Waals surface area contributed by atoms with E-state index < -0.39 is 17.9 Å². The van der Waals surface area contributed by atoms with Crippen molar-refractivity contribution >= 4 is 22.6 Å². The number of hydrogen-bond donors (Lipinski definition) is 2. The molecule has 0 fully saturated rings. The fourth-order valence-electron chi connectivity index (χ4n) is 4.81. The molecule has 3 N–H and O–H groups in total. The van der Waals surface area contributed by atoms with E-state index in [-0.39, 0.29) is 12.4 Å². The number of amides is 1. The predicted octanol–water partition coefficient (Wildman–Crippen LogP) is 6.04. The van der Waals surface area contributed by atoms with Crippen molar-refractivity contribution in [2.75, 3.05) is 13.2 Å². The summed E-state index contributed by atoms with van der Waals surface area (Å²) in [4.78, 5) is 30.0. The molecular formula is C35H36N4O5. The maximum atomic E-state index is 13.2. The van der Waals surface area contributed by atoms with Crippen molar-refractivity contribution in [3.8, 4) is 5.75 Å². The maximum absolute atomic E-state index is 13.2. The number of nitrogens with one attached hydrogen (secondary N) is 1. The number of ether oxygens (including phenoxy) is 2. The van der Waals surface area contributed by atoms with Crippen molar-refractivity contribution in [2.45, 2.75) is 44.8 Å². The van der Waals surface area contributed by atoms with Crippen LogP contribution in [-0.4, -0.2) is 41.2 Å². The van der Waals surface area contributed by atoms with Gasteiger partial charge in [-0.1, -0.05) is 90.1 Å². The Morgan fingerprint density at radius 2 is 1.59 bits per heavy atom. The van der Waals surface area contributed by atoms with Crippen LogP contribution in [0, 0.1) is 0 Å². The summed E-state index contributed by atoms with van der Waals surface area (Å²) in [5.74, 6) is 0.533. The Hall–Kier alpha value is -5.02. The Labute approximate surface area is 256 Å². The van der Waals surface area contributed by atoms with Crippen LogP contribution in [0.2, 0.25) is 0 Å². The van der Waals surface area contributed by atoms with E-state index in [1.807, 2.05) is 66.7 Å². The van der Waals surface area contributed by atoms with Gasteiger partial charge in [0.2, 0.25) is 17.5 Å². The van der Waals surface area contributed by atoms with Gasteiger partial charge >= 0.3 is 6.09 Å². The number of aromatic nitrogens is 2. The number of nitrogens with zero attached hydrogens (tertiary/aromatic N) is 2. The number of fused-ring (bicyclic) bond motifs is 1. The molecular weight excluding hydrogens is 556 g/mol. The lowest BCUT2D eigenvalue weighted by Gasteiger charge is -2.16. The molecule has 0 bridgehead atoms. The van der Waals surface area contributed by atoms with Gasteiger partial charge in [-0.25, -0.2) is 4.79 Å². The van der Waals surface area contributed by atoms with Crippen LogP contribution >= 0.6 is 0 Å². The van der Waals surface area contributed by atoms with E-state index in [2.05, 4.69) is 45.8 Å². The topological polar surface area (TPSA) is 130 Å². The van der Waals surface area contributed by atoms with Gasteiger partial charge in [-0.3, -0.25) is 4.79 Å². The molecule has 0 aliphatic heterocycles. The molecule has 0 spiro atoms. The summed E-state index contributed by atoms with van der Waals surface area (Å²) in [5, 5.41) is 9.00. The third-order valence-corrected chi connectivity index (χ3v) is 7.21. The van der Waals surface area contributed by atoms with Gasteiger partial charge in [0.15, 0.2) is 0 Å². The molecule has 0 aliphatic carbocycles. The van der Waals surface area contributed by atoms with Crippen molar-refractivity contribution in [1.29, 1.82) is 0 Å². The lowest BCUT2D eigenvalue weighted by molar-refractivity contribution is 0.0896. The van der Waals surface area contributed by atoms with E-state index in [1.54, 1.807) is 0 Å². The number of nitrogens with two attached hydrogens (primary N) is 1. The molecule has 9 nitrogen and oxygen atoms in total. The number of rotatable bonds is 15. The predicted molar refractivity (Wildman–Crippen MR) is 167 cm³/mol. The van der Waals surface area contributed by atoms with Gasteiger partial charge in [0.05, 0.1) is 19.1 Å². The number of ketones is 1. The summed E-state index contributed by atoms with van der Waals surface area (Å²) < 4.78 is 16.6. The van der Waals surface area contributed by atoms with Crippen LogP contribution in [0.15, 0.2) is 102 Å². The molecule has 44 heavy (non-hydrogen) atoms. The molecule has 1 aromatic heterocycles. The minimum atomic E-state index is -0.860. The average molecular weight is 593 g/mol. The van der Waals surface area contributed by atoms with Crippen molar-refractivity contribution < 1.29 is 23.6 Å². The molecule has 1 amide bonds. The van der Waals surface area contributed by atoms with E-state index in [0.29, 0.717) is 44.7 Å². The number of carbonyl (C=O) groups excluding carboxylic acids is 2. The third-order valence-electron chi connectivity index (χ3n) is 7.21. The smallest absolute Gasteiger partial charge is 0.408 e. The molecule has 0 radical (unpaired) electrons. The first-order valence-electron chi connectivity index (χ1n) is 14.8. The van der Waals surface area contributed by atoms with E-state index >= 15 is 0 Å². The second kappa shape index (κ2) is 15.5. The summed E-state index contributed by atoms with van der Waals surface area (Å²) in [6.07, 6.45) is 2.20. The normalized spacial score (nSPS) is 11.7. The van der Waals surface area contributed by atoms with Crippen molar-refractivity contribution in [3.05, 3.63) is 125 Å². The highest BCUT2D eigenvalue weighted by molar-refractivity contribution is 5.98. The average Bonchev–Trinajstić information content (AvgIpc) is 3.53. The molecule has 0 saturated heterocycles. The van der Waals surface area contributed by atoms with Gasteiger partial charge in [-0.2, -0.15) is 4.98 Å². The summed E-state index contributed by atoms with van der Waals surface area (Å²) in [6, 6.07) is 30.9. The zero-order chi connectivity index (χ0) is 30.6. The summed E-state index contributed by atoms with van der Waals surface area (Å²) in [5.41, 5.74) is 8.62. The van der Waals surface area contributed by atoms with E-state index in [0.717, 1.165) is 23.3 Å². The second-order valence-corrected chi connectivity index (χ2v) is 10.5. The van der Waals surface area contributed by atoms with Crippen LogP contribution in [0.4, 0.5) is 4.79 Å². The van der Waals surface area contributed by atoms with Crippen LogP contribution in [0.5, 0.6) is 5.75 Å². The molecule has 4 aromatic carbocycles. The van der Waals surface area contributed by atoms with Crippen molar-refractivity contribution in [2.24, 2.45) is 5.73 Å². The highest BCUT2D eigenvalue weighted by atomic mass is 16.5. The van der Waals surface area contributed by atoms with Crippen LogP contribution in [-0.2, 0) is 24.2 Å². The SMILES string of the molecule is NCCCC[C@H](NC(=O)OCc1ccccc1)C(=O)c1noc(Cc2ccc(OCCc3ccc4ccccc4c3)cc2)n1. The van der Waals surface area contributed by atoms with Gasteiger partial charge in [0.25, 0.3) is 0 Å². The Kier molecular flexibility index (Phi) is 10.7. The van der Waals surface area contributed by atoms with E-state index in [4.69, 9.17) is 19.7 Å². The zero-order valence-electron chi connectivity index (χ0n) is 24.5. The molecule has 1 atom stereocenters. The van der Waals surface area contributed by atoms with Crippen LogP contribution in [0.3, 0.4) is 0 Å². The maximum Gasteiger partial charge on any atom is 0.408 e. The lowest BCUT2D eigenvalue weighted by Crippen LogP contribution is -2.41. The number of unbranched alkanes of at least 4 members (excludes halogenated alkanes) is 1. The number of alkyl carbamates (subject to hydrolysis) is 1. The summed E-state index contributed by atoms with van der Waals surface area (Å²) in [6.45, 7) is 1.14. The molecule has 0 saturated carbocycles. The van der Waals surface area contributed by atoms with E-state index in [1.165, 1.54) is 16.3 Å². The first kappa shape index (κ1) is 30.4. The fraction of sp³-hybridized carbons (Fsp3) is 0.257. The van der Waals surface area contributed by atoms with Gasteiger partial charge in [0.1, 0.15) is 12.4 Å². The minimum absolute atomic E-state index is 0.0882. The second-order valence-electron chi connectivity index (χ2n) is 10.5. The molecule has 0 aliphatic rings. The number of Topliss-reactive ketones (excluding diaryl/α,β-unsaturated/α-hetero) is 1.